The molecule has 0 aliphatic carbocycles. The zero-order chi connectivity index (χ0) is 14.7. The van der Waals surface area contributed by atoms with E-state index in [1.165, 1.54) is 6.07 Å². The summed E-state index contributed by atoms with van der Waals surface area (Å²) in [6, 6.07) is 9.87. The van der Waals surface area contributed by atoms with Crippen LogP contribution in [0.5, 0.6) is 0 Å². The first-order chi connectivity index (χ1) is 9.51. The normalized spacial score (nSPS) is 12.4. The van der Waals surface area contributed by atoms with E-state index in [1.54, 1.807) is 18.2 Å². The van der Waals surface area contributed by atoms with Crippen molar-refractivity contribution in [3.8, 4) is 0 Å². The highest BCUT2D eigenvalue weighted by Crippen LogP contribution is 2.28. The quantitative estimate of drug-likeness (QED) is 0.601. The van der Waals surface area contributed by atoms with Crippen LogP contribution in [-0.2, 0) is 6.42 Å². The molecule has 2 nitrogen and oxygen atoms in total. The van der Waals surface area contributed by atoms with Crippen LogP contribution in [0, 0.1) is 5.82 Å². The highest BCUT2D eigenvalue weighted by Gasteiger charge is 2.14. The monoisotopic (exact) mass is 376 g/mol. The standard InChI is InChI=1S/C14H12BrCl2FN2/c15-11-4-2-9(5-12(11)17)14(20-19)6-8-1-3-10(16)7-13(8)18/h1-5,7,14,20H,6,19H2. The first-order valence-electron chi connectivity index (χ1n) is 5.86. The van der Waals surface area contributed by atoms with Gasteiger partial charge in [-0.1, -0.05) is 35.3 Å². The highest BCUT2D eigenvalue weighted by atomic mass is 79.9. The topological polar surface area (TPSA) is 38.0 Å². The van der Waals surface area contributed by atoms with Gasteiger partial charge in [-0.2, -0.15) is 0 Å². The van der Waals surface area contributed by atoms with Gasteiger partial charge in [0.2, 0.25) is 0 Å². The van der Waals surface area contributed by atoms with Gasteiger partial charge in [0.05, 0.1) is 11.1 Å². The molecule has 0 saturated carbocycles. The Morgan fingerprint density at radius 1 is 1.20 bits per heavy atom. The van der Waals surface area contributed by atoms with Crippen molar-refractivity contribution in [2.24, 2.45) is 5.84 Å². The summed E-state index contributed by atoms with van der Waals surface area (Å²) in [6.07, 6.45) is 0.400. The molecule has 20 heavy (non-hydrogen) atoms. The Labute approximate surface area is 135 Å². The Morgan fingerprint density at radius 3 is 2.55 bits per heavy atom. The van der Waals surface area contributed by atoms with E-state index in [1.807, 2.05) is 12.1 Å². The van der Waals surface area contributed by atoms with E-state index in [-0.39, 0.29) is 11.9 Å². The third-order valence-electron chi connectivity index (χ3n) is 2.99. The Hall–Kier alpha value is -0.650. The lowest BCUT2D eigenvalue weighted by molar-refractivity contribution is 0.529. The smallest absolute Gasteiger partial charge is 0.127 e. The second kappa shape index (κ2) is 6.87. The van der Waals surface area contributed by atoms with Gasteiger partial charge in [0.1, 0.15) is 5.82 Å². The number of hydrazine groups is 1. The van der Waals surface area contributed by atoms with Gasteiger partial charge in [0.25, 0.3) is 0 Å². The van der Waals surface area contributed by atoms with E-state index in [2.05, 4.69) is 21.4 Å². The fraction of sp³-hybridized carbons (Fsp3) is 0.143. The molecule has 3 N–H and O–H groups in total. The lowest BCUT2D eigenvalue weighted by atomic mass is 9.99. The van der Waals surface area contributed by atoms with E-state index in [0.29, 0.717) is 22.0 Å². The van der Waals surface area contributed by atoms with Crippen LogP contribution < -0.4 is 11.3 Å². The predicted molar refractivity (Wildman–Crippen MR) is 84.3 cm³/mol. The van der Waals surface area contributed by atoms with Gasteiger partial charge in [0.15, 0.2) is 0 Å². The average Bonchev–Trinajstić information content (AvgIpc) is 2.41. The molecule has 0 spiro atoms. The third-order valence-corrected chi connectivity index (χ3v) is 4.45. The van der Waals surface area contributed by atoms with Gasteiger partial charge in [-0.15, -0.1) is 0 Å². The van der Waals surface area contributed by atoms with Crippen molar-refractivity contribution in [2.45, 2.75) is 12.5 Å². The zero-order valence-electron chi connectivity index (χ0n) is 10.3. The van der Waals surface area contributed by atoms with E-state index in [4.69, 9.17) is 29.0 Å². The maximum atomic E-state index is 13.8. The van der Waals surface area contributed by atoms with Crippen molar-refractivity contribution in [1.82, 2.24) is 5.43 Å². The molecule has 6 heteroatoms. The SMILES string of the molecule is NNC(Cc1ccc(Cl)cc1F)c1ccc(Br)c(Cl)c1. The maximum absolute atomic E-state index is 13.8. The van der Waals surface area contributed by atoms with E-state index in [9.17, 15) is 4.39 Å². The number of rotatable bonds is 4. The van der Waals surface area contributed by atoms with E-state index >= 15 is 0 Å². The molecule has 0 radical (unpaired) electrons. The van der Waals surface area contributed by atoms with Gasteiger partial charge in [0, 0.05) is 9.50 Å². The molecular formula is C14H12BrCl2FN2. The van der Waals surface area contributed by atoms with Crippen molar-refractivity contribution >= 4 is 39.1 Å². The summed E-state index contributed by atoms with van der Waals surface area (Å²) in [5, 5.41) is 0.953. The Balaban J connectivity index is 2.26. The molecule has 0 fully saturated rings. The molecular weight excluding hydrogens is 366 g/mol. The van der Waals surface area contributed by atoms with Crippen molar-refractivity contribution in [3.63, 3.8) is 0 Å². The molecule has 2 rings (SSSR count). The van der Waals surface area contributed by atoms with Crippen molar-refractivity contribution < 1.29 is 4.39 Å². The first-order valence-corrected chi connectivity index (χ1v) is 7.41. The number of benzene rings is 2. The van der Waals surface area contributed by atoms with Gasteiger partial charge in [-0.25, -0.2) is 4.39 Å². The van der Waals surface area contributed by atoms with Gasteiger partial charge >= 0.3 is 0 Å². The summed E-state index contributed by atoms with van der Waals surface area (Å²) < 4.78 is 14.6. The summed E-state index contributed by atoms with van der Waals surface area (Å²) in [5.74, 6) is 5.22. The van der Waals surface area contributed by atoms with Crippen LogP contribution in [0.1, 0.15) is 17.2 Å². The second-order valence-electron chi connectivity index (χ2n) is 4.33. The molecule has 1 atom stereocenters. The molecule has 0 saturated heterocycles. The Kier molecular flexibility index (Phi) is 5.41. The number of hydrogen-bond donors (Lipinski definition) is 2. The van der Waals surface area contributed by atoms with Crippen molar-refractivity contribution in [2.75, 3.05) is 0 Å². The average molecular weight is 378 g/mol. The summed E-state index contributed by atoms with van der Waals surface area (Å²) in [6.45, 7) is 0. The largest absolute Gasteiger partial charge is 0.271 e. The second-order valence-corrected chi connectivity index (χ2v) is 6.03. The molecule has 0 heterocycles. The summed E-state index contributed by atoms with van der Waals surface area (Å²) in [4.78, 5) is 0. The third kappa shape index (κ3) is 3.71. The van der Waals surface area contributed by atoms with Crippen LogP contribution in [0.2, 0.25) is 10.0 Å². The fourth-order valence-corrected chi connectivity index (χ4v) is 2.50. The first kappa shape index (κ1) is 15.7. The Morgan fingerprint density at radius 2 is 1.95 bits per heavy atom. The zero-order valence-corrected chi connectivity index (χ0v) is 13.4. The van der Waals surface area contributed by atoms with E-state index < -0.39 is 0 Å². The van der Waals surface area contributed by atoms with Crippen LogP contribution in [0.25, 0.3) is 0 Å². The van der Waals surface area contributed by atoms with Crippen LogP contribution in [-0.4, -0.2) is 0 Å². The number of nitrogens with one attached hydrogen (secondary N) is 1. The van der Waals surface area contributed by atoms with E-state index in [0.717, 1.165) is 10.0 Å². The number of hydrogen-bond acceptors (Lipinski definition) is 2. The van der Waals surface area contributed by atoms with Crippen molar-refractivity contribution in [3.05, 3.63) is 67.9 Å². The predicted octanol–water partition coefficient (Wildman–Crippen LogP) is 4.64. The fourth-order valence-electron chi connectivity index (χ4n) is 1.91. The molecule has 2 aromatic rings. The summed E-state index contributed by atoms with van der Waals surface area (Å²) in [5.41, 5.74) is 4.10. The molecule has 0 aliphatic rings. The number of nitrogens with two attached hydrogens (primary N) is 1. The molecule has 1 unspecified atom stereocenters. The van der Waals surface area contributed by atoms with Crippen LogP contribution in [0.4, 0.5) is 4.39 Å². The molecule has 106 valence electrons. The minimum absolute atomic E-state index is 0.240. The highest BCUT2D eigenvalue weighted by molar-refractivity contribution is 9.10. The molecule has 0 aliphatic heterocycles. The molecule has 0 aromatic heterocycles. The van der Waals surface area contributed by atoms with Crippen LogP contribution in [0.3, 0.4) is 0 Å². The lowest BCUT2D eigenvalue weighted by Crippen LogP contribution is -2.29. The van der Waals surface area contributed by atoms with Gasteiger partial charge in [-0.05, 0) is 57.7 Å². The molecule has 0 bridgehead atoms. The number of halogens is 4. The molecule has 2 aromatic carbocycles. The Bertz CT molecular complexity index is 622. The maximum Gasteiger partial charge on any atom is 0.127 e. The molecule has 0 amide bonds. The summed E-state index contributed by atoms with van der Waals surface area (Å²) >= 11 is 15.1. The minimum atomic E-state index is -0.346. The minimum Gasteiger partial charge on any atom is -0.271 e. The van der Waals surface area contributed by atoms with Gasteiger partial charge < -0.3 is 0 Å². The lowest BCUT2D eigenvalue weighted by Gasteiger charge is -2.17. The van der Waals surface area contributed by atoms with Crippen LogP contribution >= 0.6 is 39.1 Å². The van der Waals surface area contributed by atoms with Crippen molar-refractivity contribution in [1.29, 1.82) is 0 Å². The summed E-state index contributed by atoms with van der Waals surface area (Å²) in [7, 11) is 0. The van der Waals surface area contributed by atoms with Gasteiger partial charge in [-0.3, -0.25) is 11.3 Å². The van der Waals surface area contributed by atoms with Crippen LogP contribution in [0.15, 0.2) is 40.9 Å².